The molecule has 0 N–H and O–H groups in total. The summed E-state index contributed by atoms with van der Waals surface area (Å²) < 4.78 is 4.91. The third kappa shape index (κ3) is 4.08. The molecule has 0 aliphatic carbocycles. The number of carbonyl (C=O) groups is 2. The Morgan fingerprint density at radius 2 is 2.04 bits per heavy atom. The molecule has 126 valence electrons. The van der Waals surface area contributed by atoms with Gasteiger partial charge in [0.05, 0.1) is 12.5 Å². The average Bonchev–Trinajstić information content (AvgIpc) is 2.98. The summed E-state index contributed by atoms with van der Waals surface area (Å²) in [6.45, 7) is 4.09. The Morgan fingerprint density at radius 1 is 1.30 bits per heavy atom. The molecule has 5 heteroatoms. The molecule has 0 saturated carbocycles. The highest BCUT2D eigenvalue weighted by atomic mass is 32.2. The zero-order chi connectivity index (χ0) is 16.8. The van der Waals surface area contributed by atoms with Crippen LogP contribution in [0, 0.1) is 6.92 Å². The van der Waals surface area contributed by atoms with Gasteiger partial charge in [0.2, 0.25) is 0 Å². The van der Waals surface area contributed by atoms with Crippen molar-refractivity contribution >= 4 is 23.6 Å². The van der Waals surface area contributed by atoms with Gasteiger partial charge in [0.15, 0.2) is 0 Å². The molecule has 2 atom stereocenters. The van der Waals surface area contributed by atoms with E-state index in [2.05, 4.69) is 6.92 Å². The molecule has 1 aromatic carbocycles. The molecule has 0 bridgehead atoms. The lowest BCUT2D eigenvalue weighted by Gasteiger charge is -2.28. The number of carbonyl (C=O) groups excluding carboxylic acids is 2. The van der Waals surface area contributed by atoms with E-state index in [4.69, 9.17) is 4.74 Å². The molecule has 1 saturated heterocycles. The number of methoxy groups -OCH3 is 1. The van der Waals surface area contributed by atoms with Gasteiger partial charge in [0.25, 0.3) is 5.91 Å². The Labute approximate surface area is 142 Å². The number of aryl methyl sites for hydroxylation is 1. The number of ether oxygens (including phenoxy) is 1. The van der Waals surface area contributed by atoms with Crippen LogP contribution in [0.3, 0.4) is 0 Å². The molecular weight excluding hydrogens is 310 g/mol. The molecule has 2 unspecified atom stereocenters. The Bertz CT molecular complexity index is 561. The molecule has 1 fully saturated rings. The maximum atomic E-state index is 13.0. The van der Waals surface area contributed by atoms with Crippen molar-refractivity contribution in [3.05, 3.63) is 35.4 Å². The fourth-order valence-corrected chi connectivity index (χ4v) is 4.33. The zero-order valence-corrected chi connectivity index (χ0v) is 14.9. The minimum absolute atomic E-state index is 0.0535. The number of amides is 1. The molecule has 1 amide bonds. The summed E-state index contributed by atoms with van der Waals surface area (Å²) in [6.07, 6.45) is 4.28. The monoisotopic (exact) mass is 335 g/mol. The van der Waals surface area contributed by atoms with Gasteiger partial charge in [-0.25, -0.2) is 4.79 Å². The highest BCUT2D eigenvalue weighted by Crippen LogP contribution is 2.34. The summed E-state index contributed by atoms with van der Waals surface area (Å²) >= 11 is 1.69. The van der Waals surface area contributed by atoms with Crippen molar-refractivity contribution in [2.24, 2.45) is 0 Å². The highest BCUT2D eigenvalue weighted by molar-refractivity contribution is 8.00. The van der Waals surface area contributed by atoms with Crippen LogP contribution in [0.1, 0.15) is 48.5 Å². The summed E-state index contributed by atoms with van der Waals surface area (Å²) in [7, 11) is 1.38. The van der Waals surface area contributed by atoms with E-state index in [0.29, 0.717) is 11.3 Å². The number of hydrogen-bond donors (Lipinski definition) is 0. The smallest absolute Gasteiger partial charge is 0.329 e. The van der Waals surface area contributed by atoms with Gasteiger partial charge in [-0.05, 0) is 25.0 Å². The first-order chi connectivity index (χ1) is 11.1. The number of unbranched alkanes of at least 4 members (excludes halogenated alkanes) is 2. The standard InChI is InChI=1S/C18H25NO3S/c1-4-5-6-11-16-19(15(12-23-16)18(21)22-3)17(20)14-10-8-7-9-13(14)2/h7-10,15-16H,4-6,11-12H2,1-3H3. The van der Waals surface area contributed by atoms with Crippen molar-refractivity contribution in [1.29, 1.82) is 0 Å². The lowest BCUT2D eigenvalue weighted by atomic mass is 10.1. The molecule has 0 aromatic heterocycles. The summed E-state index contributed by atoms with van der Waals surface area (Å²) in [5.41, 5.74) is 1.61. The van der Waals surface area contributed by atoms with Gasteiger partial charge in [-0.15, -0.1) is 11.8 Å². The third-order valence-electron chi connectivity index (χ3n) is 4.23. The van der Waals surface area contributed by atoms with Crippen molar-refractivity contribution in [1.82, 2.24) is 4.90 Å². The first-order valence-electron chi connectivity index (χ1n) is 8.17. The van der Waals surface area contributed by atoms with E-state index >= 15 is 0 Å². The molecular formula is C18H25NO3S. The van der Waals surface area contributed by atoms with Crippen molar-refractivity contribution < 1.29 is 14.3 Å². The number of esters is 1. The van der Waals surface area contributed by atoms with Crippen LogP contribution in [-0.4, -0.2) is 41.1 Å². The van der Waals surface area contributed by atoms with Crippen LogP contribution in [0.5, 0.6) is 0 Å². The molecule has 0 spiro atoms. The minimum Gasteiger partial charge on any atom is -0.467 e. The fraction of sp³-hybridized carbons (Fsp3) is 0.556. The highest BCUT2D eigenvalue weighted by Gasteiger charge is 2.42. The Balaban J connectivity index is 2.24. The van der Waals surface area contributed by atoms with Crippen molar-refractivity contribution in [3.8, 4) is 0 Å². The summed E-state index contributed by atoms with van der Waals surface area (Å²) in [6, 6.07) is 7.06. The molecule has 0 radical (unpaired) electrons. The number of nitrogens with zero attached hydrogens (tertiary/aromatic N) is 1. The Kier molecular flexibility index (Phi) is 6.51. The van der Waals surface area contributed by atoms with Crippen molar-refractivity contribution in [3.63, 3.8) is 0 Å². The van der Waals surface area contributed by atoms with Crippen LogP contribution in [0.4, 0.5) is 0 Å². The molecule has 1 aliphatic heterocycles. The van der Waals surface area contributed by atoms with E-state index < -0.39 is 6.04 Å². The van der Waals surface area contributed by atoms with Gasteiger partial charge in [-0.1, -0.05) is 44.4 Å². The largest absolute Gasteiger partial charge is 0.467 e. The lowest BCUT2D eigenvalue weighted by molar-refractivity contribution is -0.145. The fourth-order valence-electron chi connectivity index (χ4n) is 2.90. The summed E-state index contributed by atoms with van der Waals surface area (Å²) in [5.74, 6) is 0.226. The average molecular weight is 335 g/mol. The van der Waals surface area contributed by atoms with E-state index in [-0.39, 0.29) is 17.3 Å². The second-order valence-electron chi connectivity index (χ2n) is 5.85. The Hall–Kier alpha value is -1.49. The zero-order valence-electron chi connectivity index (χ0n) is 14.1. The van der Waals surface area contributed by atoms with Gasteiger partial charge >= 0.3 is 5.97 Å². The number of hydrogen-bond acceptors (Lipinski definition) is 4. The minimum atomic E-state index is -0.483. The van der Waals surface area contributed by atoms with Gasteiger partial charge in [-0.2, -0.15) is 0 Å². The second-order valence-corrected chi connectivity index (χ2v) is 7.06. The maximum absolute atomic E-state index is 13.0. The number of benzene rings is 1. The summed E-state index contributed by atoms with van der Waals surface area (Å²) in [5, 5.41) is 0.0535. The van der Waals surface area contributed by atoms with Crippen molar-refractivity contribution in [2.75, 3.05) is 12.9 Å². The molecule has 2 rings (SSSR count). The van der Waals surface area contributed by atoms with Crippen LogP contribution in [-0.2, 0) is 9.53 Å². The van der Waals surface area contributed by atoms with Gasteiger partial charge < -0.3 is 9.64 Å². The third-order valence-corrected chi connectivity index (χ3v) is 5.59. The quantitative estimate of drug-likeness (QED) is 0.588. The molecule has 1 heterocycles. The SMILES string of the molecule is CCCCCC1SCC(C(=O)OC)N1C(=O)c1ccccc1C. The predicted molar refractivity (Wildman–Crippen MR) is 93.5 cm³/mol. The normalized spacial score (nSPS) is 20.6. The van der Waals surface area contributed by atoms with Crippen LogP contribution in [0.2, 0.25) is 0 Å². The Morgan fingerprint density at radius 3 is 2.70 bits per heavy atom. The topological polar surface area (TPSA) is 46.6 Å². The first-order valence-corrected chi connectivity index (χ1v) is 9.22. The van der Waals surface area contributed by atoms with Gasteiger partial charge in [0, 0.05) is 11.3 Å². The molecule has 1 aromatic rings. The molecule has 4 nitrogen and oxygen atoms in total. The van der Waals surface area contributed by atoms with Crippen LogP contribution in [0.25, 0.3) is 0 Å². The predicted octanol–water partition coefficient (Wildman–Crippen LogP) is 3.63. The van der Waals surface area contributed by atoms with Crippen LogP contribution in [0.15, 0.2) is 24.3 Å². The number of thioether (sulfide) groups is 1. The van der Waals surface area contributed by atoms with Gasteiger partial charge in [0.1, 0.15) is 6.04 Å². The second kappa shape index (κ2) is 8.39. The number of rotatable bonds is 6. The van der Waals surface area contributed by atoms with E-state index in [1.165, 1.54) is 7.11 Å². The molecule has 1 aliphatic rings. The van der Waals surface area contributed by atoms with E-state index in [1.54, 1.807) is 16.7 Å². The van der Waals surface area contributed by atoms with Gasteiger partial charge in [-0.3, -0.25) is 4.79 Å². The van der Waals surface area contributed by atoms with Crippen molar-refractivity contribution in [2.45, 2.75) is 50.9 Å². The van der Waals surface area contributed by atoms with E-state index in [9.17, 15) is 9.59 Å². The van der Waals surface area contributed by atoms with Crippen LogP contribution >= 0.6 is 11.8 Å². The maximum Gasteiger partial charge on any atom is 0.329 e. The van der Waals surface area contributed by atoms with Crippen LogP contribution < -0.4 is 0 Å². The van der Waals surface area contributed by atoms with E-state index in [0.717, 1.165) is 31.2 Å². The summed E-state index contributed by atoms with van der Waals surface area (Å²) in [4.78, 5) is 26.9. The lowest BCUT2D eigenvalue weighted by Crippen LogP contribution is -2.46. The van der Waals surface area contributed by atoms with E-state index in [1.807, 2.05) is 31.2 Å². The molecule has 23 heavy (non-hydrogen) atoms. The first kappa shape index (κ1) is 17.9.